The molecule has 106 valence electrons. The topological polar surface area (TPSA) is 55.4 Å². The third-order valence-electron chi connectivity index (χ3n) is 3.05. The molecule has 0 bridgehead atoms. The fourth-order valence-electron chi connectivity index (χ4n) is 2.07. The molecule has 0 saturated carbocycles. The van der Waals surface area contributed by atoms with Crippen molar-refractivity contribution in [1.82, 2.24) is 4.72 Å². The minimum atomic E-state index is -3.63. The number of hydrogen-bond acceptors (Lipinski definition) is 3. The van der Waals surface area contributed by atoms with Gasteiger partial charge in [-0.15, -0.1) is 0 Å². The van der Waals surface area contributed by atoms with E-state index >= 15 is 0 Å². The molecule has 1 aromatic rings. The van der Waals surface area contributed by atoms with E-state index in [4.69, 9.17) is 16.3 Å². The number of ether oxygens (including phenoxy) is 1. The summed E-state index contributed by atoms with van der Waals surface area (Å²) < 4.78 is 33.4. The molecule has 0 aliphatic carbocycles. The summed E-state index contributed by atoms with van der Waals surface area (Å²) in [5.74, 6) is 0. The number of nitrogens with one attached hydrogen (secondary N) is 1. The van der Waals surface area contributed by atoms with Crippen LogP contribution < -0.4 is 4.72 Å². The summed E-state index contributed by atoms with van der Waals surface area (Å²) in [4.78, 5) is 0.0854. The zero-order valence-electron chi connectivity index (χ0n) is 10.4. The third kappa shape index (κ3) is 3.70. The molecule has 1 aromatic carbocycles. The number of halogens is 2. The Hall–Kier alpha value is -0.140. The second-order valence-corrected chi connectivity index (χ2v) is 7.54. The first-order valence-electron chi connectivity index (χ1n) is 5.99. The molecule has 0 aromatic heterocycles. The third-order valence-corrected chi connectivity index (χ3v) is 5.58. The maximum atomic E-state index is 12.3. The maximum Gasteiger partial charge on any atom is 0.242 e. The molecule has 0 amide bonds. The van der Waals surface area contributed by atoms with Gasteiger partial charge in [0, 0.05) is 17.1 Å². The van der Waals surface area contributed by atoms with Gasteiger partial charge in [-0.3, -0.25) is 0 Å². The van der Waals surface area contributed by atoms with Crippen LogP contribution in [0.15, 0.2) is 27.6 Å². The predicted molar refractivity (Wildman–Crippen MR) is 77.9 cm³/mol. The van der Waals surface area contributed by atoms with Crippen LogP contribution in [-0.4, -0.2) is 27.2 Å². The Morgan fingerprint density at radius 1 is 1.53 bits per heavy atom. The van der Waals surface area contributed by atoms with Crippen LogP contribution in [0.25, 0.3) is 0 Å². The normalized spacial score (nSPS) is 21.5. The first-order valence-corrected chi connectivity index (χ1v) is 8.64. The summed E-state index contributed by atoms with van der Waals surface area (Å²) in [5.41, 5.74) is 0. The average Bonchev–Trinajstić information content (AvgIpc) is 2.80. The lowest BCUT2D eigenvalue weighted by molar-refractivity contribution is 0.0902. The van der Waals surface area contributed by atoms with Crippen molar-refractivity contribution < 1.29 is 13.2 Å². The van der Waals surface area contributed by atoms with Gasteiger partial charge < -0.3 is 4.74 Å². The molecule has 7 heteroatoms. The van der Waals surface area contributed by atoms with Crippen molar-refractivity contribution >= 4 is 37.6 Å². The highest BCUT2D eigenvalue weighted by Crippen LogP contribution is 2.26. The highest BCUT2D eigenvalue weighted by atomic mass is 79.9. The first kappa shape index (κ1) is 15.3. The van der Waals surface area contributed by atoms with Crippen LogP contribution in [0.3, 0.4) is 0 Å². The van der Waals surface area contributed by atoms with E-state index in [1.54, 1.807) is 19.1 Å². The first-order chi connectivity index (χ1) is 8.90. The van der Waals surface area contributed by atoms with Crippen LogP contribution in [0.5, 0.6) is 0 Å². The van der Waals surface area contributed by atoms with E-state index < -0.39 is 10.0 Å². The maximum absolute atomic E-state index is 12.3. The monoisotopic (exact) mass is 367 g/mol. The van der Waals surface area contributed by atoms with Gasteiger partial charge in [-0.05, 0) is 38.0 Å². The number of rotatable bonds is 4. The van der Waals surface area contributed by atoms with Crippen molar-refractivity contribution in [2.75, 3.05) is 6.61 Å². The highest BCUT2D eigenvalue weighted by molar-refractivity contribution is 9.10. The standard InChI is InChI=1S/C12H15BrClNO3S/c1-8(11-3-2-6-18-11)15-19(16,17)12-5-4-9(13)7-10(12)14/h4-5,7-8,11,15H,2-3,6H2,1H3. The van der Waals surface area contributed by atoms with Crippen LogP contribution in [0.4, 0.5) is 0 Å². The molecule has 2 unspecified atom stereocenters. The molecule has 2 rings (SSSR count). The van der Waals surface area contributed by atoms with Crippen molar-refractivity contribution in [2.45, 2.75) is 36.8 Å². The van der Waals surface area contributed by atoms with Crippen molar-refractivity contribution in [2.24, 2.45) is 0 Å². The fraction of sp³-hybridized carbons (Fsp3) is 0.500. The van der Waals surface area contributed by atoms with E-state index in [2.05, 4.69) is 20.7 Å². The minimum Gasteiger partial charge on any atom is -0.377 e. The molecule has 2 atom stereocenters. The molecule has 1 N–H and O–H groups in total. The van der Waals surface area contributed by atoms with Crippen LogP contribution in [-0.2, 0) is 14.8 Å². The molecule has 0 spiro atoms. The summed E-state index contributed by atoms with van der Waals surface area (Å²) in [6, 6.07) is 4.42. The summed E-state index contributed by atoms with van der Waals surface area (Å²) in [7, 11) is -3.63. The lowest BCUT2D eigenvalue weighted by atomic mass is 10.1. The van der Waals surface area contributed by atoms with Gasteiger partial charge in [0.15, 0.2) is 0 Å². The van der Waals surface area contributed by atoms with Gasteiger partial charge in [-0.25, -0.2) is 13.1 Å². The fourth-order valence-corrected chi connectivity index (χ4v) is 4.38. The Morgan fingerprint density at radius 3 is 2.84 bits per heavy atom. The zero-order valence-corrected chi connectivity index (χ0v) is 13.6. The zero-order chi connectivity index (χ0) is 14.0. The Morgan fingerprint density at radius 2 is 2.26 bits per heavy atom. The quantitative estimate of drug-likeness (QED) is 0.889. The number of hydrogen-bond donors (Lipinski definition) is 1. The van der Waals surface area contributed by atoms with Gasteiger partial charge in [0.1, 0.15) is 4.90 Å². The summed E-state index contributed by atoms with van der Waals surface area (Å²) in [6.07, 6.45) is 1.78. The van der Waals surface area contributed by atoms with Crippen LogP contribution in [0, 0.1) is 0 Å². The van der Waals surface area contributed by atoms with E-state index in [1.807, 2.05) is 0 Å². The number of sulfonamides is 1. The SMILES string of the molecule is CC(NS(=O)(=O)c1ccc(Br)cc1Cl)C1CCCO1. The Bertz CT molecular complexity index is 558. The second kappa shape index (κ2) is 6.10. The van der Waals surface area contributed by atoms with Crippen molar-refractivity contribution in [3.8, 4) is 0 Å². The molecule has 1 aliphatic rings. The van der Waals surface area contributed by atoms with Crippen molar-refractivity contribution in [3.05, 3.63) is 27.7 Å². The smallest absolute Gasteiger partial charge is 0.242 e. The molecular formula is C12H15BrClNO3S. The largest absolute Gasteiger partial charge is 0.377 e. The molecule has 0 radical (unpaired) electrons. The summed E-state index contributed by atoms with van der Waals surface area (Å²) in [5, 5.41) is 0.196. The molecular weight excluding hydrogens is 354 g/mol. The highest BCUT2D eigenvalue weighted by Gasteiger charge is 2.27. The van der Waals surface area contributed by atoms with Crippen molar-refractivity contribution in [3.63, 3.8) is 0 Å². The molecule has 1 fully saturated rings. The van der Waals surface area contributed by atoms with E-state index in [0.29, 0.717) is 6.61 Å². The van der Waals surface area contributed by atoms with E-state index in [0.717, 1.165) is 17.3 Å². The summed E-state index contributed by atoms with van der Waals surface area (Å²) in [6.45, 7) is 2.50. The van der Waals surface area contributed by atoms with Gasteiger partial charge in [-0.2, -0.15) is 0 Å². The van der Waals surface area contributed by atoms with Gasteiger partial charge in [0.2, 0.25) is 10.0 Å². The van der Waals surface area contributed by atoms with Gasteiger partial charge in [-0.1, -0.05) is 27.5 Å². The molecule has 1 saturated heterocycles. The van der Waals surface area contributed by atoms with Crippen LogP contribution in [0.1, 0.15) is 19.8 Å². The second-order valence-electron chi connectivity index (χ2n) is 4.54. The molecule has 1 aliphatic heterocycles. The van der Waals surface area contributed by atoms with E-state index in [-0.39, 0.29) is 22.1 Å². The number of benzene rings is 1. The van der Waals surface area contributed by atoms with E-state index in [9.17, 15) is 8.42 Å². The average molecular weight is 369 g/mol. The molecule has 1 heterocycles. The lowest BCUT2D eigenvalue weighted by Crippen LogP contribution is -2.40. The van der Waals surface area contributed by atoms with Gasteiger partial charge in [0.05, 0.1) is 11.1 Å². The molecule has 4 nitrogen and oxygen atoms in total. The lowest BCUT2D eigenvalue weighted by Gasteiger charge is -2.20. The van der Waals surface area contributed by atoms with Gasteiger partial charge >= 0.3 is 0 Å². The van der Waals surface area contributed by atoms with E-state index in [1.165, 1.54) is 6.07 Å². The minimum absolute atomic E-state index is 0.0657. The molecule has 19 heavy (non-hydrogen) atoms. The Kier molecular flexibility index (Phi) is 4.89. The Labute approximate surface area is 126 Å². The predicted octanol–water partition coefficient (Wildman–Crippen LogP) is 2.95. The van der Waals surface area contributed by atoms with Crippen LogP contribution >= 0.6 is 27.5 Å². The van der Waals surface area contributed by atoms with Gasteiger partial charge in [0.25, 0.3) is 0 Å². The van der Waals surface area contributed by atoms with Crippen LogP contribution in [0.2, 0.25) is 5.02 Å². The summed E-state index contributed by atoms with van der Waals surface area (Å²) >= 11 is 9.22. The Balaban J connectivity index is 2.17. The van der Waals surface area contributed by atoms with Crippen molar-refractivity contribution in [1.29, 1.82) is 0 Å².